The van der Waals surface area contributed by atoms with Gasteiger partial charge in [-0.15, -0.1) is 5.10 Å². The molecule has 1 unspecified atom stereocenters. The number of hydrogen-bond acceptors (Lipinski definition) is 6. The van der Waals surface area contributed by atoms with Crippen LogP contribution in [-0.2, 0) is 4.79 Å². The van der Waals surface area contributed by atoms with Crippen LogP contribution < -0.4 is 10.6 Å². The van der Waals surface area contributed by atoms with Crippen molar-refractivity contribution in [2.45, 2.75) is 38.4 Å². The van der Waals surface area contributed by atoms with Crippen LogP contribution in [0.5, 0.6) is 5.75 Å². The third kappa shape index (κ3) is 4.44. The molecule has 7 nitrogen and oxygen atoms in total. The van der Waals surface area contributed by atoms with E-state index in [4.69, 9.17) is 0 Å². The fourth-order valence-corrected chi connectivity index (χ4v) is 4.29. The molecule has 1 atom stereocenters. The third-order valence-electron chi connectivity index (χ3n) is 4.97. The highest BCUT2D eigenvalue weighted by Gasteiger charge is 2.34. The van der Waals surface area contributed by atoms with Crippen LogP contribution in [0.25, 0.3) is 0 Å². The number of rotatable bonds is 6. The number of carbonyl (C=O) groups excluding carboxylic acids is 1. The van der Waals surface area contributed by atoms with E-state index in [0.29, 0.717) is 22.4 Å². The van der Waals surface area contributed by atoms with Gasteiger partial charge in [-0.3, -0.25) is 4.79 Å². The number of fused-ring (bicyclic) bond motifs is 1. The zero-order chi connectivity index (χ0) is 22.0. The third-order valence-corrected chi connectivity index (χ3v) is 6.02. The van der Waals surface area contributed by atoms with Gasteiger partial charge < -0.3 is 15.7 Å². The van der Waals surface area contributed by atoms with E-state index < -0.39 is 6.04 Å². The van der Waals surface area contributed by atoms with Gasteiger partial charge in [0.25, 0.3) is 5.91 Å². The van der Waals surface area contributed by atoms with Gasteiger partial charge in [-0.1, -0.05) is 43.0 Å². The van der Waals surface area contributed by atoms with Crippen molar-refractivity contribution < 1.29 is 9.90 Å². The van der Waals surface area contributed by atoms with Crippen LogP contribution in [0.4, 0.5) is 11.6 Å². The normalized spacial score (nSPS) is 15.4. The average Bonchev–Trinajstić information content (AvgIpc) is 3.13. The Morgan fingerprint density at radius 2 is 2.03 bits per heavy atom. The number of thioether (sulfide) groups is 1. The minimum absolute atomic E-state index is 0.134. The Morgan fingerprint density at radius 1 is 1.23 bits per heavy atom. The molecule has 0 aliphatic carbocycles. The molecule has 2 heterocycles. The van der Waals surface area contributed by atoms with E-state index in [9.17, 15) is 9.90 Å². The highest BCUT2D eigenvalue weighted by atomic mass is 32.2. The molecule has 1 aromatic heterocycles. The van der Waals surface area contributed by atoms with E-state index in [0.717, 1.165) is 29.0 Å². The lowest BCUT2D eigenvalue weighted by molar-refractivity contribution is -0.113. The highest BCUT2D eigenvalue weighted by molar-refractivity contribution is 7.99. The van der Waals surface area contributed by atoms with Gasteiger partial charge in [0, 0.05) is 17.1 Å². The topological polar surface area (TPSA) is 92.1 Å². The summed E-state index contributed by atoms with van der Waals surface area (Å²) in [6.45, 7) is 5.95. The lowest BCUT2D eigenvalue weighted by Gasteiger charge is -2.28. The van der Waals surface area contributed by atoms with Gasteiger partial charge in [0.05, 0.1) is 5.57 Å². The molecule has 160 valence electrons. The second-order valence-electron chi connectivity index (χ2n) is 7.50. The molecule has 0 saturated heterocycles. The van der Waals surface area contributed by atoms with E-state index in [1.54, 1.807) is 34.6 Å². The predicted molar refractivity (Wildman–Crippen MR) is 123 cm³/mol. The van der Waals surface area contributed by atoms with Crippen molar-refractivity contribution in [3.63, 3.8) is 0 Å². The summed E-state index contributed by atoms with van der Waals surface area (Å²) in [5.41, 5.74) is 3.77. The standard InChI is InChI=1S/C23H25N5O2S/c1-4-11-31-23-26-22-24-15(3)19(21(30)25-17-9-5-7-14(2)12-17)20(28(22)27-23)16-8-6-10-18(29)13-16/h5-10,12-13,20,29H,4,11H2,1-3H3,(H,25,30)(H,24,26,27). The van der Waals surface area contributed by atoms with Crippen molar-refractivity contribution in [1.29, 1.82) is 0 Å². The smallest absolute Gasteiger partial charge is 0.255 e. The van der Waals surface area contributed by atoms with E-state index in [2.05, 4.69) is 27.6 Å². The number of carbonyl (C=O) groups is 1. The summed E-state index contributed by atoms with van der Waals surface area (Å²) in [5.74, 6) is 1.40. The summed E-state index contributed by atoms with van der Waals surface area (Å²) >= 11 is 1.58. The second-order valence-corrected chi connectivity index (χ2v) is 8.56. The minimum Gasteiger partial charge on any atom is -0.508 e. The minimum atomic E-state index is -0.517. The molecule has 8 heteroatoms. The number of aromatic nitrogens is 3. The van der Waals surface area contributed by atoms with Gasteiger partial charge in [0.1, 0.15) is 11.8 Å². The average molecular weight is 436 g/mol. The maximum absolute atomic E-state index is 13.4. The Kier molecular flexibility index (Phi) is 5.99. The molecular formula is C23H25N5O2S. The zero-order valence-electron chi connectivity index (χ0n) is 17.7. The molecule has 0 saturated carbocycles. The number of aryl methyl sites for hydroxylation is 1. The van der Waals surface area contributed by atoms with E-state index >= 15 is 0 Å². The van der Waals surface area contributed by atoms with Crippen LogP contribution in [0.15, 0.2) is 65.0 Å². The number of nitrogens with zero attached hydrogens (tertiary/aromatic N) is 3. The fourth-order valence-electron chi connectivity index (χ4n) is 3.60. The maximum atomic E-state index is 13.4. The Labute approximate surface area is 185 Å². The SMILES string of the molecule is CCCSc1nc2n(n1)C(c1cccc(O)c1)C(C(=O)Nc1cccc(C)c1)=C(C)N2. The number of benzene rings is 2. The number of nitrogens with one attached hydrogen (secondary N) is 2. The van der Waals surface area contributed by atoms with Crippen LogP contribution >= 0.6 is 11.8 Å². The summed E-state index contributed by atoms with van der Waals surface area (Å²) in [7, 11) is 0. The van der Waals surface area contributed by atoms with Crippen molar-refractivity contribution in [2.24, 2.45) is 0 Å². The Hall–Kier alpha value is -3.26. The molecule has 1 aliphatic heterocycles. The van der Waals surface area contributed by atoms with E-state index in [1.807, 2.05) is 44.2 Å². The first-order valence-corrected chi connectivity index (χ1v) is 11.2. The summed E-state index contributed by atoms with van der Waals surface area (Å²) in [6, 6.07) is 14.1. The number of phenols is 1. The van der Waals surface area contributed by atoms with Crippen LogP contribution in [0.1, 0.15) is 37.4 Å². The first-order chi connectivity index (χ1) is 15.0. The second kappa shape index (κ2) is 8.85. The predicted octanol–water partition coefficient (Wildman–Crippen LogP) is 4.72. The summed E-state index contributed by atoms with van der Waals surface area (Å²) in [4.78, 5) is 18.0. The summed E-state index contributed by atoms with van der Waals surface area (Å²) < 4.78 is 1.73. The quantitative estimate of drug-likeness (QED) is 0.485. The summed E-state index contributed by atoms with van der Waals surface area (Å²) in [6.07, 6.45) is 1.01. The fraction of sp³-hybridized carbons (Fsp3) is 0.261. The lowest BCUT2D eigenvalue weighted by atomic mass is 9.95. The van der Waals surface area contributed by atoms with Gasteiger partial charge in [0.2, 0.25) is 11.1 Å². The number of amides is 1. The Morgan fingerprint density at radius 3 is 2.77 bits per heavy atom. The van der Waals surface area contributed by atoms with Gasteiger partial charge in [-0.05, 0) is 55.7 Å². The summed E-state index contributed by atoms with van der Waals surface area (Å²) in [5, 5.41) is 21.7. The number of allylic oxidation sites excluding steroid dienone is 1. The van der Waals surface area contributed by atoms with Crippen molar-refractivity contribution >= 4 is 29.3 Å². The molecule has 1 aliphatic rings. The number of anilines is 2. The highest BCUT2D eigenvalue weighted by Crippen LogP contribution is 2.37. The van der Waals surface area contributed by atoms with E-state index in [1.165, 1.54) is 0 Å². The van der Waals surface area contributed by atoms with Gasteiger partial charge in [-0.25, -0.2) is 4.68 Å². The molecule has 31 heavy (non-hydrogen) atoms. The van der Waals surface area contributed by atoms with Crippen LogP contribution in [0, 0.1) is 6.92 Å². The van der Waals surface area contributed by atoms with Crippen LogP contribution in [-0.4, -0.2) is 31.5 Å². The molecule has 1 amide bonds. The molecule has 3 aromatic rings. The van der Waals surface area contributed by atoms with Crippen molar-refractivity contribution in [1.82, 2.24) is 14.8 Å². The van der Waals surface area contributed by atoms with Crippen molar-refractivity contribution in [2.75, 3.05) is 16.4 Å². The molecule has 3 N–H and O–H groups in total. The van der Waals surface area contributed by atoms with Crippen LogP contribution in [0.2, 0.25) is 0 Å². The molecule has 4 rings (SSSR count). The maximum Gasteiger partial charge on any atom is 0.255 e. The molecule has 0 radical (unpaired) electrons. The first kappa shape index (κ1) is 21.0. The van der Waals surface area contributed by atoms with Crippen LogP contribution in [0.3, 0.4) is 0 Å². The Bertz CT molecular complexity index is 1150. The molecular weight excluding hydrogens is 410 g/mol. The van der Waals surface area contributed by atoms with Gasteiger partial charge >= 0.3 is 0 Å². The molecule has 0 bridgehead atoms. The van der Waals surface area contributed by atoms with E-state index in [-0.39, 0.29) is 11.7 Å². The Balaban J connectivity index is 1.76. The molecule has 2 aromatic carbocycles. The first-order valence-electron chi connectivity index (χ1n) is 10.2. The molecule has 0 spiro atoms. The largest absolute Gasteiger partial charge is 0.508 e. The zero-order valence-corrected chi connectivity index (χ0v) is 18.5. The van der Waals surface area contributed by atoms with Gasteiger partial charge in [0.15, 0.2) is 0 Å². The van der Waals surface area contributed by atoms with Gasteiger partial charge in [-0.2, -0.15) is 4.98 Å². The molecule has 0 fully saturated rings. The number of aromatic hydroxyl groups is 1. The van der Waals surface area contributed by atoms with Crippen molar-refractivity contribution in [3.05, 3.63) is 70.9 Å². The van der Waals surface area contributed by atoms with Crippen molar-refractivity contribution in [3.8, 4) is 5.75 Å². The monoisotopic (exact) mass is 435 g/mol. The number of hydrogen-bond donors (Lipinski definition) is 3. The number of phenolic OH excluding ortho intramolecular Hbond substituents is 1. The lowest BCUT2D eigenvalue weighted by Crippen LogP contribution is -2.31.